The molecule has 3 rings (SSSR count). The van der Waals surface area contributed by atoms with Crippen molar-refractivity contribution in [2.75, 3.05) is 43.1 Å². The predicted molar refractivity (Wildman–Crippen MR) is 107 cm³/mol. The fourth-order valence-corrected chi connectivity index (χ4v) is 3.65. The van der Waals surface area contributed by atoms with Crippen molar-refractivity contribution in [2.45, 2.75) is 37.9 Å². The van der Waals surface area contributed by atoms with Crippen molar-refractivity contribution in [3.63, 3.8) is 0 Å². The number of nitrogens with one attached hydrogen (secondary N) is 3. The molecular weight excluding hydrogens is 417 g/mol. The summed E-state index contributed by atoms with van der Waals surface area (Å²) in [5.74, 6) is -2.52. The minimum atomic E-state index is -4.57. The summed E-state index contributed by atoms with van der Waals surface area (Å²) in [6, 6.07) is 3.07. The Kier molecular flexibility index (Phi) is 7.37. The van der Waals surface area contributed by atoms with Crippen LogP contribution in [0.3, 0.4) is 0 Å². The van der Waals surface area contributed by atoms with Gasteiger partial charge in [-0.15, -0.1) is 0 Å². The van der Waals surface area contributed by atoms with Crippen molar-refractivity contribution in [3.8, 4) is 0 Å². The monoisotopic (exact) mass is 442 g/mol. The molecule has 170 valence electrons. The zero-order valence-corrected chi connectivity index (χ0v) is 16.9. The van der Waals surface area contributed by atoms with Gasteiger partial charge in [-0.2, -0.15) is 13.2 Å². The number of rotatable bonds is 5. The number of benzene rings is 1. The standard InChI is InChI=1S/C20H25F3N4O4/c21-20(22,23)13-5-6-16(27-7-9-31-10-8-27)15(11-13)26-17(28)12-24-18(29)19(30)25-14-3-1-2-4-14/h5-6,11,14H,1-4,7-10,12H2,(H,24,29)(H,25,30)(H,26,28). The fourth-order valence-electron chi connectivity index (χ4n) is 3.65. The van der Waals surface area contributed by atoms with Crippen LogP contribution in [-0.4, -0.2) is 56.6 Å². The highest BCUT2D eigenvalue weighted by molar-refractivity contribution is 6.35. The Bertz CT molecular complexity index is 819. The van der Waals surface area contributed by atoms with E-state index in [0.29, 0.717) is 32.0 Å². The maximum atomic E-state index is 13.1. The van der Waals surface area contributed by atoms with Gasteiger partial charge in [0.2, 0.25) is 5.91 Å². The summed E-state index contributed by atoms with van der Waals surface area (Å²) in [4.78, 5) is 37.9. The number of hydrogen-bond acceptors (Lipinski definition) is 5. The number of ether oxygens (including phenoxy) is 1. The molecular formula is C20H25F3N4O4. The summed E-state index contributed by atoms with van der Waals surface area (Å²) in [7, 11) is 0. The van der Waals surface area contributed by atoms with Crippen molar-refractivity contribution in [1.29, 1.82) is 0 Å². The van der Waals surface area contributed by atoms with Gasteiger partial charge in [0.25, 0.3) is 0 Å². The summed E-state index contributed by atoms with van der Waals surface area (Å²) >= 11 is 0. The molecule has 1 heterocycles. The smallest absolute Gasteiger partial charge is 0.378 e. The third kappa shape index (κ3) is 6.33. The molecule has 0 spiro atoms. The average Bonchev–Trinajstić information content (AvgIpc) is 3.25. The van der Waals surface area contributed by atoms with Gasteiger partial charge in [0.05, 0.1) is 36.7 Å². The van der Waals surface area contributed by atoms with E-state index in [0.717, 1.165) is 37.8 Å². The van der Waals surface area contributed by atoms with E-state index in [1.807, 2.05) is 4.90 Å². The van der Waals surface area contributed by atoms with Crippen molar-refractivity contribution >= 4 is 29.1 Å². The third-order valence-corrected chi connectivity index (χ3v) is 5.26. The minimum Gasteiger partial charge on any atom is -0.378 e. The van der Waals surface area contributed by atoms with Gasteiger partial charge in [0.15, 0.2) is 0 Å². The average molecular weight is 442 g/mol. The second kappa shape index (κ2) is 9.99. The Morgan fingerprint density at radius 2 is 1.74 bits per heavy atom. The van der Waals surface area contributed by atoms with Gasteiger partial charge in [0.1, 0.15) is 0 Å². The van der Waals surface area contributed by atoms with Gasteiger partial charge in [-0.1, -0.05) is 12.8 Å². The Morgan fingerprint density at radius 1 is 1.06 bits per heavy atom. The largest absolute Gasteiger partial charge is 0.416 e. The number of hydrogen-bond donors (Lipinski definition) is 3. The second-order valence-corrected chi connectivity index (χ2v) is 7.51. The number of halogens is 3. The molecule has 2 aliphatic rings. The van der Waals surface area contributed by atoms with E-state index in [-0.39, 0.29) is 11.7 Å². The van der Waals surface area contributed by atoms with Crippen LogP contribution in [0.15, 0.2) is 18.2 Å². The van der Waals surface area contributed by atoms with Crippen LogP contribution in [0.25, 0.3) is 0 Å². The molecule has 3 amide bonds. The lowest BCUT2D eigenvalue weighted by molar-refractivity contribution is -0.140. The Labute approximate surface area is 177 Å². The molecule has 8 nitrogen and oxygen atoms in total. The molecule has 11 heteroatoms. The highest BCUT2D eigenvalue weighted by Crippen LogP contribution is 2.35. The summed E-state index contributed by atoms with van der Waals surface area (Å²) < 4.78 is 44.7. The third-order valence-electron chi connectivity index (χ3n) is 5.26. The summed E-state index contributed by atoms with van der Waals surface area (Å²) in [5, 5.41) is 7.22. The Morgan fingerprint density at radius 3 is 2.39 bits per heavy atom. The van der Waals surface area contributed by atoms with Crippen molar-refractivity contribution in [2.24, 2.45) is 0 Å². The molecule has 1 saturated heterocycles. The first-order valence-corrected chi connectivity index (χ1v) is 10.2. The second-order valence-electron chi connectivity index (χ2n) is 7.51. The van der Waals surface area contributed by atoms with E-state index in [9.17, 15) is 27.6 Å². The van der Waals surface area contributed by atoms with E-state index in [4.69, 9.17) is 4.74 Å². The highest BCUT2D eigenvalue weighted by atomic mass is 19.4. The number of morpholine rings is 1. The van der Waals surface area contributed by atoms with Crippen LogP contribution >= 0.6 is 0 Å². The molecule has 0 bridgehead atoms. The molecule has 1 aromatic rings. The van der Waals surface area contributed by atoms with Crippen LogP contribution in [0.5, 0.6) is 0 Å². The number of carbonyl (C=O) groups is 3. The van der Waals surface area contributed by atoms with Gasteiger partial charge in [0, 0.05) is 19.1 Å². The van der Waals surface area contributed by atoms with Crippen LogP contribution in [0.1, 0.15) is 31.2 Å². The van der Waals surface area contributed by atoms with Crippen molar-refractivity contribution in [1.82, 2.24) is 10.6 Å². The zero-order valence-electron chi connectivity index (χ0n) is 16.9. The molecule has 1 aliphatic carbocycles. The van der Waals surface area contributed by atoms with Gasteiger partial charge < -0.3 is 25.6 Å². The number of anilines is 2. The first-order chi connectivity index (χ1) is 14.7. The van der Waals surface area contributed by atoms with Crippen molar-refractivity contribution in [3.05, 3.63) is 23.8 Å². The first kappa shape index (κ1) is 22.9. The minimum absolute atomic E-state index is 0.0219. The van der Waals surface area contributed by atoms with E-state index in [1.54, 1.807) is 0 Å². The number of carbonyl (C=O) groups excluding carboxylic acids is 3. The molecule has 1 aromatic carbocycles. The lowest BCUT2D eigenvalue weighted by atomic mass is 10.1. The van der Waals surface area contributed by atoms with Gasteiger partial charge in [-0.3, -0.25) is 14.4 Å². The number of amides is 3. The molecule has 1 saturated carbocycles. The lowest BCUT2D eigenvalue weighted by Crippen LogP contribution is -2.45. The van der Waals surface area contributed by atoms with E-state index >= 15 is 0 Å². The predicted octanol–water partition coefficient (Wildman–Crippen LogP) is 1.66. The summed E-state index contributed by atoms with van der Waals surface area (Å²) in [6.07, 6.45) is -0.997. The topological polar surface area (TPSA) is 99.8 Å². The number of nitrogens with zero attached hydrogens (tertiary/aromatic N) is 1. The summed E-state index contributed by atoms with van der Waals surface area (Å²) in [5.41, 5.74) is -0.499. The molecule has 0 aromatic heterocycles. The van der Waals surface area contributed by atoms with Crippen LogP contribution in [0.2, 0.25) is 0 Å². The zero-order chi connectivity index (χ0) is 22.4. The molecule has 3 N–H and O–H groups in total. The van der Waals surface area contributed by atoms with E-state index in [2.05, 4.69) is 16.0 Å². The van der Waals surface area contributed by atoms with E-state index < -0.39 is 36.0 Å². The summed E-state index contributed by atoms with van der Waals surface area (Å²) in [6.45, 7) is 1.22. The lowest BCUT2D eigenvalue weighted by Gasteiger charge is -2.31. The molecule has 31 heavy (non-hydrogen) atoms. The fraction of sp³-hybridized carbons (Fsp3) is 0.550. The normalized spacial score (nSPS) is 17.3. The molecule has 2 fully saturated rings. The molecule has 1 aliphatic heterocycles. The molecule has 0 radical (unpaired) electrons. The van der Waals surface area contributed by atoms with Crippen LogP contribution < -0.4 is 20.9 Å². The Hall–Kier alpha value is -2.82. The highest BCUT2D eigenvalue weighted by Gasteiger charge is 2.32. The van der Waals surface area contributed by atoms with Crippen molar-refractivity contribution < 1.29 is 32.3 Å². The maximum Gasteiger partial charge on any atom is 0.416 e. The van der Waals surface area contributed by atoms with Gasteiger partial charge in [-0.05, 0) is 31.0 Å². The maximum absolute atomic E-state index is 13.1. The number of alkyl halides is 3. The van der Waals surface area contributed by atoms with Crippen LogP contribution in [0.4, 0.5) is 24.5 Å². The SMILES string of the molecule is O=C(CNC(=O)C(=O)NC1CCCC1)Nc1cc(C(F)(F)F)ccc1N1CCOCC1. The Balaban J connectivity index is 1.63. The van der Waals surface area contributed by atoms with Crippen LogP contribution in [-0.2, 0) is 25.3 Å². The van der Waals surface area contributed by atoms with Crippen LogP contribution in [0, 0.1) is 0 Å². The quantitative estimate of drug-likeness (QED) is 0.603. The molecule has 0 unspecified atom stereocenters. The first-order valence-electron chi connectivity index (χ1n) is 10.2. The van der Waals surface area contributed by atoms with E-state index in [1.165, 1.54) is 6.07 Å². The van der Waals surface area contributed by atoms with Gasteiger partial charge in [-0.25, -0.2) is 0 Å². The van der Waals surface area contributed by atoms with Gasteiger partial charge >= 0.3 is 18.0 Å². The molecule has 0 atom stereocenters.